The Labute approximate surface area is 537 Å². The summed E-state index contributed by atoms with van der Waals surface area (Å²) in [5.41, 5.74) is 0. The normalized spacial score (nSPS) is 18.4. The molecule has 0 radical (unpaired) electrons. The van der Waals surface area contributed by atoms with E-state index >= 15 is 0 Å². The van der Waals surface area contributed by atoms with Crippen LogP contribution in [0.5, 0.6) is 0 Å². The molecule has 1 aliphatic heterocycles. The van der Waals surface area contributed by atoms with Crippen LogP contribution in [-0.4, -0.2) is 87.5 Å². The van der Waals surface area contributed by atoms with E-state index in [0.29, 0.717) is 6.42 Å². The maximum absolute atomic E-state index is 13.1. The molecule has 0 aromatic carbocycles. The second-order valence-corrected chi connectivity index (χ2v) is 25.7. The first-order valence-electron chi connectivity index (χ1n) is 37.3. The minimum absolute atomic E-state index is 0.181. The largest absolute Gasteiger partial charge is 0.394 e. The van der Waals surface area contributed by atoms with Crippen molar-refractivity contribution >= 4 is 5.91 Å². The molecule has 87 heavy (non-hydrogen) atoms. The zero-order valence-electron chi connectivity index (χ0n) is 56.8. The number of hydrogen-bond acceptors (Lipinski definition) is 8. The van der Waals surface area contributed by atoms with Crippen LogP contribution in [0, 0.1) is 0 Å². The van der Waals surface area contributed by atoms with Crippen LogP contribution in [0.1, 0.15) is 348 Å². The molecule has 0 aliphatic carbocycles. The summed E-state index contributed by atoms with van der Waals surface area (Å²) in [6.45, 7) is 3.69. The van der Waals surface area contributed by atoms with E-state index in [1.807, 2.05) is 6.08 Å². The molecular formula is C78H141NO8. The van der Waals surface area contributed by atoms with E-state index in [-0.39, 0.29) is 12.5 Å². The lowest BCUT2D eigenvalue weighted by molar-refractivity contribution is -0.302. The molecule has 506 valence electrons. The smallest absolute Gasteiger partial charge is 0.220 e. The van der Waals surface area contributed by atoms with Crippen molar-refractivity contribution in [1.82, 2.24) is 5.32 Å². The first-order valence-corrected chi connectivity index (χ1v) is 37.3. The van der Waals surface area contributed by atoms with Gasteiger partial charge in [0.15, 0.2) is 6.29 Å². The van der Waals surface area contributed by atoms with Crippen LogP contribution in [0.3, 0.4) is 0 Å². The summed E-state index contributed by atoms with van der Waals surface area (Å²) in [5, 5.41) is 54.8. The zero-order valence-corrected chi connectivity index (χ0v) is 56.8. The van der Waals surface area contributed by atoms with Crippen molar-refractivity contribution in [1.29, 1.82) is 0 Å². The summed E-state index contributed by atoms with van der Waals surface area (Å²) in [7, 11) is 0. The molecule has 1 amide bonds. The van der Waals surface area contributed by atoms with Crippen molar-refractivity contribution in [2.75, 3.05) is 13.2 Å². The predicted octanol–water partition coefficient (Wildman–Crippen LogP) is 20.9. The highest BCUT2D eigenvalue weighted by molar-refractivity contribution is 5.76. The van der Waals surface area contributed by atoms with Gasteiger partial charge in [0, 0.05) is 6.42 Å². The highest BCUT2D eigenvalue weighted by Crippen LogP contribution is 2.23. The number of aliphatic hydroxyl groups excluding tert-OH is 5. The van der Waals surface area contributed by atoms with Crippen molar-refractivity contribution in [3.63, 3.8) is 0 Å². The second kappa shape index (κ2) is 66.3. The van der Waals surface area contributed by atoms with Gasteiger partial charge in [0.05, 0.1) is 25.4 Å². The van der Waals surface area contributed by atoms with Gasteiger partial charge in [0.1, 0.15) is 24.4 Å². The topological polar surface area (TPSA) is 149 Å². The van der Waals surface area contributed by atoms with E-state index in [1.165, 1.54) is 257 Å². The molecule has 1 aliphatic rings. The number of aliphatic hydroxyl groups is 5. The highest BCUT2D eigenvalue weighted by atomic mass is 16.7. The van der Waals surface area contributed by atoms with E-state index in [0.717, 1.165) is 70.6 Å². The predicted molar refractivity (Wildman–Crippen MR) is 373 cm³/mol. The van der Waals surface area contributed by atoms with Gasteiger partial charge in [-0.3, -0.25) is 4.79 Å². The van der Waals surface area contributed by atoms with Gasteiger partial charge in [-0.25, -0.2) is 0 Å². The first kappa shape index (κ1) is 82.4. The second-order valence-electron chi connectivity index (χ2n) is 25.7. The van der Waals surface area contributed by atoms with Gasteiger partial charge >= 0.3 is 0 Å². The summed E-state index contributed by atoms with van der Waals surface area (Å²) in [5.74, 6) is -0.181. The van der Waals surface area contributed by atoms with E-state index in [2.05, 4.69) is 92.1 Å². The summed E-state index contributed by atoms with van der Waals surface area (Å²) < 4.78 is 11.3. The van der Waals surface area contributed by atoms with Gasteiger partial charge in [0.2, 0.25) is 5.91 Å². The lowest BCUT2D eigenvalue weighted by atomic mass is 9.99. The van der Waals surface area contributed by atoms with Crippen molar-refractivity contribution in [2.45, 2.75) is 391 Å². The highest BCUT2D eigenvalue weighted by Gasteiger charge is 2.44. The van der Waals surface area contributed by atoms with Crippen LogP contribution >= 0.6 is 0 Å². The summed E-state index contributed by atoms with van der Waals surface area (Å²) in [4.78, 5) is 13.1. The fraction of sp³-hybridized carbons (Fsp3) is 0.808. The molecule has 1 fully saturated rings. The molecule has 7 atom stereocenters. The Balaban J connectivity index is 2.07. The van der Waals surface area contributed by atoms with Crippen molar-refractivity contribution in [3.8, 4) is 0 Å². The Bertz CT molecular complexity index is 1650. The van der Waals surface area contributed by atoms with Crippen LogP contribution in [0.4, 0.5) is 0 Å². The quantitative estimate of drug-likeness (QED) is 0.0261. The van der Waals surface area contributed by atoms with E-state index < -0.39 is 49.5 Å². The molecule has 9 heteroatoms. The number of hydrogen-bond donors (Lipinski definition) is 6. The first-order chi connectivity index (χ1) is 42.8. The van der Waals surface area contributed by atoms with Gasteiger partial charge < -0.3 is 40.3 Å². The average Bonchev–Trinajstić information content (AvgIpc) is 3.47. The molecule has 6 N–H and O–H groups in total. The Hall–Kier alpha value is -2.63. The number of carbonyl (C=O) groups excluding carboxylic acids is 1. The van der Waals surface area contributed by atoms with E-state index in [4.69, 9.17) is 9.47 Å². The van der Waals surface area contributed by atoms with Crippen molar-refractivity contribution in [2.24, 2.45) is 0 Å². The molecule has 1 rings (SSSR count). The number of carbonyl (C=O) groups is 1. The molecule has 0 saturated carbocycles. The molecule has 1 heterocycles. The van der Waals surface area contributed by atoms with E-state index in [9.17, 15) is 30.3 Å². The Morgan fingerprint density at radius 1 is 0.402 bits per heavy atom. The number of rotatable bonds is 65. The Morgan fingerprint density at radius 3 is 1.10 bits per heavy atom. The third kappa shape index (κ3) is 54.8. The minimum atomic E-state index is -1.57. The molecule has 1 saturated heterocycles. The third-order valence-corrected chi connectivity index (χ3v) is 17.5. The zero-order chi connectivity index (χ0) is 62.8. The van der Waals surface area contributed by atoms with Gasteiger partial charge in [0.25, 0.3) is 0 Å². The molecular weight excluding hydrogens is 1080 g/mol. The van der Waals surface area contributed by atoms with Crippen molar-refractivity contribution < 1.29 is 39.8 Å². The number of allylic oxidation sites excluding steroid dienone is 13. The maximum atomic E-state index is 13.1. The molecule has 9 nitrogen and oxygen atoms in total. The molecule has 0 bridgehead atoms. The maximum Gasteiger partial charge on any atom is 0.220 e. The molecule has 0 spiro atoms. The third-order valence-electron chi connectivity index (χ3n) is 17.5. The fourth-order valence-electron chi connectivity index (χ4n) is 11.7. The Morgan fingerprint density at radius 2 is 0.724 bits per heavy atom. The summed E-state index contributed by atoms with van der Waals surface area (Å²) >= 11 is 0. The monoisotopic (exact) mass is 1220 g/mol. The average molecular weight is 1220 g/mol. The van der Waals surface area contributed by atoms with Gasteiger partial charge in [-0.05, 0) is 77.0 Å². The summed E-state index contributed by atoms with van der Waals surface area (Å²) in [6.07, 6.45) is 88.6. The van der Waals surface area contributed by atoms with Crippen molar-refractivity contribution in [3.05, 3.63) is 85.1 Å². The number of nitrogens with one attached hydrogen (secondary N) is 1. The fourth-order valence-corrected chi connectivity index (χ4v) is 11.7. The van der Waals surface area contributed by atoms with Crippen LogP contribution < -0.4 is 5.32 Å². The minimum Gasteiger partial charge on any atom is -0.394 e. The standard InChI is InChI=1S/C78H141NO8/c1-3-5-7-9-11-13-15-17-19-21-23-25-27-28-29-30-31-32-33-34-35-36-37-38-39-40-41-42-43-44-46-48-50-52-54-56-58-60-62-64-66-68-74(82)79-71(70-86-78-77(85)76(84)75(83)73(69-80)87-78)72(81)67-65-63-61-59-57-55-53-51-49-47-45-26-24-22-20-18-16-14-12-10-8-6-4-2/h5,7,11,13,17,19,23,25,28-29,57,59,65,67,71-73,75-78,80-81,83-85H,3-4,6,8-10,12,14-16,18,20-22,24,26-27,30-56,58,60-64,66,68-70H2,1-2H3,(H,79,82)/b7-5-,13-11-,19-17-,25-23-,29-28-,59-57+,67-65+. The number of amides is 1. The van der Waals surface area contributed by atoms with Crippen LogP contribution in [0.2, 0.25) is 0 Å². The number of unbranched alkanes of at least 4 members (excludes halogenated alkanes) is 43. The SMILES string of the molecule is CC/C=C\C/C=C\C/C=C\C/C=C\C/C=C\CCCCCCCCCCCCCCCCCCCCCCCCCCCC(=O)NC(COC1OC(CO)C(O)C(O)C1O)C(O)/C=C/CC/C=C/CCCCCCCCCCCCCCCCCCC. The molecule has 0 aromatic rings. The number of ether oxygens (including phenoxy) is 2. The Kier molecular flexibility index (Phi) is 62.8. The van der Waals surface area contributed by atoms with Crippen LogP contribution in [-0.2, 0) is 14.3 Å². The summed E-state index contributed by atoms with van der Waals surface area (Å²) in [6, 6.07) is -0.824. The lowest BCUT2D eigenvalue weighted by Gasteiger charge is -2.40. The lowest BCUT2D eigenvalue weighted by Crippen LogP contribution is -2.60. The van der Waals surface area contributed by atoms with E-state index in [1.54, 1.807) is 6.08 Å². The molecule has 7 unspecified atom stereocenters. The van der Waals surface area contributed by atoms with Gasteiger partial charge in [-0.15, -0.1) is 0 Å². The van der Waals surface area contributed by atoms with Gasteiger partial charge in [-0.1, -0.05) is 349 Å². The van der Waals surface area contributed by atoms with Crippen LogP contribution in [0.15, 0.2) is 85.1 Å². The van der Waals surface area contributed by atoms with Gasteiger partial charge in [-0.2, -0.15) is 0 Å². The van der Waals surface area contributed by atoms with Crippen LogP contribution in [0.25, 0.3) is 0 Å². The molecule has 0 aromatic heterocycles.